The number of carbonyl (C=O) groups excluding carboxylic acids is 1. The Bertz CT molecular complexity index is 1600. The molecule has 0 saturated heterocycles. The van der Waals surface area contributed by atoms with E-state index in [-0.39, 0.29) is 22.8 Å². The summed E-state index contributed by atoms with van der Waals surface area (Å²) >= 11 is 0. The molecule has 0 fully saturated rings. The number of aryl methyl sites for hydroxylation is 1. The van der Waals surface area contributed by atoms with E-state index >= 15 is 0 Å². The summed E-state index contributed by atoms with van der Waals surface area (Å²) < 4.78 is 46.1. The van der Waals surface area contributed by atoms with Gasteiger partial charge in [-0.05, 0) is 55.0 Å². The summed E-state index contributed by atoms with van der Waals surface area (Å²) in [4.78, 5) is 30.4. The Morgan fingerprint density at radius 3 is 2.58 bits per heavy atom. The third-order valence-corrected chi connectivity index (χ3v) is 5.14. The molecule has 0 bridgehead atoms. The Balaban J connectivity index is 1.78. The number of halogens is 3. The molecular weight excluding hydrogens is 473 g/mol. The van der Waals surface area contributed by atoms with Gasteiger partial charge in [0.25, 0.3) is 11.5 Å². The van der Waals surface area contributed by atoms with E-state index in [1.807, 2.05) is 0 Å². The molecule has 4 rings (SSSR count). The van der Waals surface area contributed by atoms with Gasteiger partial charge in [-0.1, -0.05) is 30.3 Å². The summed E-state index contributed by atoms with van der Waals surface area (Å²) in [6.07, 6.45) is -2.14. The molecule has 0 radical (unpaired) electrons. The molecule has 180 valence electrons. The molecule has 2 heterocycles. The van der Waals surface area contributed by atoms with Crippen LogP contribution in [0.4, 0.5) is 18.9 Å². The second kappa shape index (κ2) is 9.76. The third kappa shape index (κ3) is 5.10. The van der Waals surface area contributed by atoms with E-state index in [4.69, 9.17) is 4.74 Å². The van der Waals surface area contributed by atoms with E-state index < -0.39 is 28.8 Å². The van der Waals surface area contributed by atoms with E-state index in [1.165, 1.54) is 16.7 Å². The molecule has 1 N–H and O–H groups in total. The van der Waals surface area contributed by atoms with Gasteiger partial charge in [-0.25, -0.2) is 0 Å². The lowest BCUT2D eigenvalue weighted by Crippen LogP contribution is -2.20. The highest BCUT2D eigenvalue weighted by Crippen LogP contribution is 2.31. The number of pyridine rings is 1. The minimum atomic E-state index is -4.61. The quantitative estimate of drug-likeness (QED) is 0.300. The van der Waals surface area contributed by atoms with Crippen molar-refractivity contribution in [1.29, 1.82) is 5.26 Å². The Hall–Kier alpha value is -4.91. The van der Waals surface area contributed by atoms with Crippen molar-refractivity contribution >= 4 is 23.3 Å². The molecule has 1 amide bonds. The molecule has 0 aliphatic carbocycles. The number of rotatable bonds is 5. The first kappa shape index (κ1) is 24.2. The van der Waals surface area contributed by atoms with E-state index in [1.54, 1.807) is 55.5 Å². The fourth-order valence-electron chi connectivity index (χ4n) is 3.32. The van der Waals surface area contributed by atoms with Crippen LogP contribution in [0.2, 0.25) is 0 Å². The first-order valence-corrected chi connectivity index (χ1v) is 10.5. The fraction of sp³-hybridized carbons (Fsp3) is 0.0769. The molecule has 0 spiro atoms. The SMILES string of the molecule is Cc1ccccc1Oc1nc2ccccn2c(=O)c1/C=C(/C#N)C(=O)Nc1cccc(C(F)(F)F)c1. The second-order valence-corrected chi connectivity index (χ2v) is 7.63. The largest absolute Gasteiger partial charge is 0.438 e. The van der Waals surface area contributed by atoms with Crippen LogP contribution in [0.3, 0.4) is 0 Å². The molecule has 0 unspecified atom stereocenters. The van der Waals surface area contributed by atoms with Crippen molar-refractivity contribution in [2.24, 2.45) is 0 Å². The van der Waals surface area contributed by atoms with E-state index in [9.17, 15) is 28.0 Å². The average molecular weight is 490 g/mol. The second-order valence-electron chi connectivity index (χ2n) is 7.63. The molecule has 36 heavy (non-hydrogen) atoms. The normalized spacial score (nSPS) is 11.7. The van der Waals surface area contributed by atoms with Crippen LogP contribution < -0.4 is 15.6 Å². The summed E-state index contributed by atoms with van der Waals surface area (Å²) in [7, 11) is 0. The van der Waals surface area contributed by atoms with Gasteiger partial charge < -0.3 is 10.1 Å². The van der Waals surface area contributed by atoms with Crippen molar-refractivity contribution in [1.82, 2.24) is 9.38 Å². The zero-order valence-electron chi connectivity index (χ0n) is 18.7. The van der Waals surface area contributed by atoms with Crippen LogP contribution in [0.15, 0.2) is 83.3 Å². The number of aromatic nitrogens is 2. The Morgan fingerprint density at radius 2 is 1.86 bits per heavy atom. The molecule has 0 atom stereocenters. The lowest BCUT2D eigenvalue weighted by molar-refractivity contribution is -0.137. The Labute approximate surface area is 202 Å². The number of fused-ring (bicyclic) bond motifs is 1. The van der Waals surface area contributed by atoms with Gasteiger partial charge in [0, 0.05) is 11.9 Å². The average Bonchev–Trinajstić information content (AvgIpc) is 2.85. The number of nitrogens with zero attached hydrogens (tertiary/aromatic N) is 3. The lowest BCUT2D eigenvalue weighted by atomic mass is 10.1. The van der Waals surface area contributed by atoms with Crippen LogP contribution in [0.1, 0.15) is 16.7 Å². The first-order valence-electron chi connectivity index (χ1n) is 10.5. The minimum absolute atomic E-state index is 0.139. The topological polar surface area (TPSA) is 96.5 Å². The van der Waals surface area contributed by atoms with Crippen LogP contribution in [-0.2, 0) is 11.0 Å². The van der Waals surface area contributed by atoms with Gasteiger partial charge >= 0.3 is 6.18 Å². The molecule has 10 heteroatoms. The number of nitriles is 1. The minimum Gasteiger partial charge on any atom is -0.438 e. The van der Waals surface area contributed by atoms with Gasteiger partial charge in [-0.3, -0.25) is 14.0 Å². The lowest BCUT2D eigenvalue weighted by Gasteiger charge is -2.12. The number of alkyl halides is 3. The Kier molecular flexibility index (Phi) is 6.56. The third-order valence-electron chi connectivity index (χ3n) is 5.14. The summed E-state index contributed by atoms with van der Waals surface area (Å²) in [6.45, 7) is 1.79. The number of anilines is 1. The molecule has 2 aromatic carbocycles. The first-order chi connectivity index (χ1) is 17.2. The van der Waals surface area contributed by atoms with Crippen LogP contribution in [0, 0.1) is 18.3 Å². The number of carbonyl (C=O) groups is 1. The number of ether oxygens (including phenoxy) is 1. The van der Waals surface area contributed by atoms with E-state index in [0.29, 0.717) is 5.75 Å². The summed E-state index contributed by atoms with van der Waals surface area (Å²) in [5, 5.41) is 11.9. The van der Waals surface area contributed by atoms with Crippen LogP contribution in [0.25, 0.3) is 11.7 Å². The maximum absolute atomic E-state index is 13.2. The summed E-state index contributed by atoms with van der Waals surface area (Å²) in [5.41, 5.74) is -1.42. The molecule has 0 aliphatic heterocycles. The van der Waals surface area contributed by atoms with Crippen molar-refractivity contribution in [3.63, 3.8) is 0 Å². The number of nitrogens with one attached hydrogen (secondary N) is 1. The van der Waals surface area contributed by atoms with Crippen LogP contribution in [-0.4, -0.2) is 15.3 Å². The van der Waals surface area contributed by atoms with Crippen molar-refractivity contribution < 1.29 is 22.7 Å². The molecule has 0 saturated carbocycles. The van der Waals surface area contributed by atoms with Gasteiger partial charge in [0.2, 0.25) is 5.88 Å². The van der Waals surface area contributed by atoms with Gasteiger partial charge in [-0.15, -0.1) is 0 Å². The van der Waals surface area contributed by atoms with Gasteiger partial charge in [0.05, 0.1) is 5.56 Å². The number of benzene rings is 2. The highest BCUT2D eigenvalue weighted by Gasteiger charge is 2.30. The maximum atomic E-state index is 13.2. The molecule has 4 aromatic rings. The Morgan fingerprint density at radius 1 is 1.11 bits per heavy atom. The smallest absolute Gasteiger partial charge is 0.416 e. The molecular formula is C26H17F3N4O3. The van der Waals surface area contributed by atoms with Crippen molar-refractivity contribution in [3.05, 3.63) is 106 Å². The van der Waals surface area contributed by atoms with Crippen molar-refractivity contribution in [2.45, 2.75) is 13.1 Å². The summed E-state index contributed by atoms with van der Waals surface area (Å²) in [5.74, 6) is -0.734. The highest BCUT2D eigenvalue weighted by molar-refractivity contribution is 6.09. The number of para-hydroxylation sites is 1. The molecule has 2 aromatic heterocycles. The van der Waals surface area contributed by atoms with Crippen LogP contribution >= 0.6 is 0 Å². The number of amides is 1. The molecule has 0 aliphatic rings. The predicted molar refractivity (Wildman–Crippen MR) is 126 cm³/mol. The van der Waals surface area contributed by atoms with Gasteiger partial charge in [0.1, 0.15) is 28.6 Å². The highest BCUT2D eigenvalue weighted by atomic mass is 19.4. The van der Waals surface area contributed by atoms with Crippen molar-refractivity contribution in [3.8, 4) is 17.7 Å². The van der Waals surface area contributed by atoms with Crippen molar-refractivity contribution in [2.75, 3.05) is 5.32 Å². The van der Waals surface area contributed by atoms with E-state index in [0.717, 1.165) is 29.8 Å². The number of hydrogen-bond acceptors (Lipinski definition) is 5. The van der Waals surface area contributed by atoms with Crippen LogP contribution in [0.5, 0.6) is 11.6 Å². The predicted octanol–water partition coefficient (Wildman–Crippen LogP) is 5.36. The van der Waals surface area contributed by atoms with Gasteiger partial charge in [0.15, 0.2) is 0 Å². The number of hydrogen-bond donors (Lipinski definition) is 1. The standard InChI is InChI=1S/C26H17F3N4O3/c1-16-7-2-3-10-21(16)36-24-20(25(35)33-12-5-4-11-22(33)32-24)13-17(15-30)23(34)31-19-9-6-8-18(14-19)26(27,28)29/h2-14H,1H3,(H,31,34)/b17-13-. The zero-order valence-corrected chi connectivity index (χ0v) is 18.7. The molecule has 7 nitrogen and oxygen atoms in total. The fourth-order valence-corrected chi connectivity index (χ4v) is 3.32. The maximum Gasteiger partial charge on any atom is 0.416 e. The summed E-state index contributed by atoms with van der Waals surface area (Å²) in [6, 6.07) is 17.5. The van der Waals surface area contributed by atoms with Gasteiger partial charge in [-0.2, -0.15) is 23.4 Å². The zero-order chi connectivity index (χ0) is 25.9. The van der Waals surface area contributed by atoms with E-state index in [2.05, 4.69) is 10.3 Å². The monoisotopic (exact) mass is 490 g/mol.